The van der Waals surface area contributed by atoms with Gasteiger partial charge in [0.05, 0.1) is 11.1 Å². The minimum Gasteiger partial charge on any atom is -0.311 e. The van der Waals surface area contributed by atoms with E-state index in [1.807, 2.05) is 12.1 Å². The zero-order valence-corrected chi connectivity index (χ0v) is 10.6. The molecule has 0 unspecified atom stereocenters. The third kappa shape index (κ3) is 1.56. The lowest BCUT2D eigenvalue weighted by Gasteiger charge is -2.34. The van der Waals surface area contributed by atoms with Crippen molar-refractivity contribution in [1.29, 1.82) is 0 Å². The molecule has 2 amide bonds. The lowest BCUT2D eigenvalue weighted by molar-refractivity contribution is 0.0536. The highest BCUT2D eigenvalue weighted by molar-refractivity contribution is 6.21. The minimum absolute atomic E-state index is 0.0751. The van der Waals surface area contributed by atoms with Crippen LogP contribution in [0.15, 0.2) is 24.3 Å². The average molecular weight is 256 g/mol. The van der Waals surface area contributed by atoms with Gasteiger partial charge in [-0.1, -0.05) is 12.1 Å². The summed E-state index contributed by atoms with van der Waals surface area (Å²) < 4.78 is 0. The number of carbonyl (C=O) groups excluding carboxylic acids is 2. The monoisotopic (exact) mass is 256 g/mol. The number of fused-ring (bicyclic) bond motifs is 3. The van der Waals surface area contributed by atoms with Gasteiger partial charge in [0, 0.05) is 18.1 Å². The molecule has 3 atom stereocenters. The molecule has 0 aliphatic carbocycles. The van der Waals surface area contributed by atoms with Crippen LogP contribution in [0.5, 0.6) is 0 Å². The summed E-state index contributed by atoms with van der Waals surface area (Å²) >= 11 is 0. The maximum Gasteiger partial charge on any atom is 0.261 e. The zero-order valence-electron chi connectivity index (χ0n) is 10.6. The van der Waals surface area contributed by atoms with Crippen LogP contribution in [-0.2, 0) is 0 Å². The molecule has 0 aromatic heterocycles. The van der Waals surface area contributed by atoms with Gasteiger partial charge in [-0.05, 0) is 37.8 Å². The summed E-state index contributed by atoms with van der Waals surface area (Å²) in [6, 6.07) is 8.18. The lowest BCUT2D eigenvalue weighted by atomic mass is 9.98. The van der Waals surface area contributed by atoms with Crippen LogP contribution in [0.4, 0.5) is 0 Å². The Morgan fingerprint density at radius 2 is 1.47 bits per heavy atom. The number of rotatable bonds is 1. The van der Waals surface area contributed by atoms with Crippen molar-refractivity contribution in [2.24, 2.45) is 0 Å². The largest absolute Gasteiger partial charge is 0.311 e. The summed E-state index contributed by atoms with van der Waals surface area (Å²) in [5.41, 5.74) is 1.14. The molecule has 19 heavy (non-hydrogen) atoms. The van der Waals surface area contributed by atoms with E-state index >= 15 is 0 Å². The number of hydrogen-bond donors (Lipinski definition) is 1. The molecule has 98 valence electrons. The van der Waals surface area contributed by atoms with Crippen LogP contribution in [0.1, 0.15) is 46.4 Å². The van der Waals surface area contributed by atoms with Gasteiger partial charge in [-0.25, -0.2) is 0 Å². The summed E-state index contributed by atoms with van der Waals surface area (Å²) in [6.45, 7) is 0. The Kier molecular flexibility index (Phi) is 2.30. The van der Waals surface area contributed by atoms with E-state index in [0.717, 1.165) is 12.8 Å². The SMILES string of the molecule is O=C1c2ccccc2C(=O)N1[C@H]1C[C@H]2CC[C@@H](C1)N2. The lowest BCUT2D eigenvalue weighted by Crippen LogP contribution is -2.50. The highest BCUT2D eigenvalue weighted by Gasteiger charge is 2.44. The van der Waals surface area contributed by atoms with Gasteiger partial charge in [0.2, 0.25) is 0 Å². The Bertz CT molecular complexity index is 522. The van der Waals surface area contributed by atoms with E-state index in [-0.39, 0.29) is 17.9 Å². The fourth-order valence-corrected chi connectivity index (χ4v) is 3.78. The van der Waals surface area contributed by atoms with Gasteiger partial charge >= 0.3 is 0 Å². The van der Waals surface area contributed by atoms with Gasteiger partial charge in [0.1, 0.15) is 0 Å². The van der Waals surface area contributed by atoms with Crippen molar-refractivity contribution < 1.29 is 9.59 Å². The molecule has 0 spiro atoms. The molecule has 2 saturated heterocycles. The predicted molar refractivity (Wildman–Crippen MR) is 69.9 cm³/mol. The summed E-state index contributed by atoms with van der Waals surface area (Å²) in [5, 5.41) is 3.55. The molecule has 4 nitrogen and oxygen atoms in total. The summed E-state index contributed by atoms with van der Waals surface area (Å²) in [5.74, 6) is -0.209. The van der Waals surface area contributed by atoms with E-state index in [0.29, 0.717) is 23.2 Å². The normalized spacial score (nSPS) is 32.8. The van der Waals surface area contributed by atoms with Crippen LogP contribution in [-0.4, -0.2) is 34.8 Å². The highest BCUT2D eigenvalue weighted by Crippen LogP contribution is 2.34. The topological polar surface area (TPSA) is 49.4 Å². The zero-order chi connectivity index (χ0) is 13.0. The van der Waals surface area contributed by atoms with Crippen molar-refractivity contribution in [3.8, 4) is 0 Å². The van der Waals surface area contributed by atoms with Crippen LogP contribution in [0, 0.1) is 0 Å². The Labute approximate surface area is 111 Å². The molecule has 1 aromatic carbocycles. The van der Waals surface area contributed by atoms with Gasteiger partial charge in [0.15, 0.2) is 0 Å². The molecular formula is C15H16N2O2. The molecular weight excluding hydrogens is 240 g/mol. The Hall–Kier alpha value is -1.68. The van der Waals surface area contributed by atoms with E-state index in [1.54, 1.807) is 12.1 Å². The van der Waals surface area contributed by atoms with Crippen molar-refractivity contribution in [2.75, 3.05) is 0 Å². The molecule has 1 N–H and O–H groups in total. The second-order valence-electron chi connectivity index (χ2n) is 5.79. The third-order valence-corrected chi connectivity index (χ3v) is 4.64. The summed E-state index contributed by atoms with van der Waals surface area (Å²) in [6.07, 6.45) is 4.15. The van der Waals surface area contributed by atoms with Gasteiger partial charge < -0.3 is 5.32 Å². The van der Waals surface area contributed by atoms with E-state index in [9.17, 15) is 9.59 Å². The second kappa shape index (κ2) is 3.90. The van der Waals surface area contributed by atoms with Gasteiger partial charge in [0.25, 0.3) is 11.8 Å². The first-order valence-electron chi connectivity index (χ1n) is 6.97. The first-order chi connectivity index (χ1) is 9.24. The molecule has 4 heteroatoms. The molecule has 0 saturated carbocycles. The van der Waals surface area contributed by atoms with Gasteiger partial charge in [-0.3, -0.25) is 14.5 Å². The number of nitrogens with one attached hydrogen (secondary N) is 1. The summed E-state index contributed by atoms with van der Waals surface area (Å²) in [7, 11) is 0. The fraction of sp³-hybridized carbons (Fsp3) is 0.467. The Morgan fingerprint density at radius 3 is 2.00 bits per heavy atom. The number of piperidine rings is 1. The predicted octanol–water partition coefficient (Wildman–Crippen LogP) is 1.57. The van der Waals surface area contributed by atoms with Crippen LogP contribution in [0.2, 0.25) is 0 Å². The van der Waals surface area contributed by atoms with Crippen LogP contribution >= 0.6 is 0 Å². The Balaban J connectivity index is 1.67. The van der Waals surface area contributed by atoms with Crippen molar-refractivity contribution in [3.63, 3.8) is 0 Å². The molecule has 2 bridgehead atoms. The van der Waals surface area contributed by atoms with Crippen LogP contribution in [0.25, 0.3) is 0 Å². The number of hydrogen-bond acceptors (Lipinski definition) is 3. The number of benzene rings is 1. The third-order valence-electron chi connectivity index (χ3n) is 4.64. The second-order valence-corrected chi connectivity index (χ2v) is 5.79. The molecule has 2 fully saturated rings. The number of amides is 2. The van der Waals surface area contributed by atoms with Crippen LogP contribution in [0.3, 0.4) is 0 Å². The van der Waals surface area contributed by atoms with Crippen molar-refractivity contribution in [3.05, 3.63) is 35.4 Å². The smallest absolute Gasteiger partial charge is 0.261 e. The molecule has 3 heterocycles. The van der Waals surface area contributed by atoms with Crippen LogP contribution < -0.4 is 5.32 Å². The maximum atomic E-state index is 12.4. The highest BCUT2D eigenvalue weighted by atomic mass is 16.2. The minimum atomic E-state index is -0.105. The quantitative estimate of drug-likeness (QED) is 0.776. The van der Waals surface area contributed by atoms with E-state index in [1.165, 1.54) is 17.7 Å². The van der Waals surface area contributed by atoms with Crippen molar-refractivity contribution in [1.82, 2.24) is 10.2 Å². The maximum absolute atomic E-state index is 12.4. The fourth-order valence-electron chi connectivity index (χ4n) is 3.78. The molecule has 4 rings (SSSR count). The van der Waals surface area contributed by atoms with Crippen molar-refractivity contribution >= 4 is 11.8 Å². The molecule has 0 radical (unpaired) electrons. The standard InChI is InChI=1S/C15H16N2O2/c18-14-12-3-1-2-4-13(12)15(19)17(14)11-7-9-5-6-10(8-11)16-9/h1-4,9-11,16H,5-8H2/t9-,10+,11+. The molecule has 3 aliphatic rings. The number of nitrogens with zero attached hydrogens (tertiary/aromatic N) is 1. The number of carbonyl (C=O) groups is 2. The summed E-state index contributed by atoms with van der Waals surface area (Å²) in [4.78, 5) is 26.4. The first kappa shape index (κ1) is 11.2. The van der Waals surface area contributed by atoms with E-state index in [4.69, 9.17) is 0 Å². The van der Waals surface area contributed by atoms with Gasteiger partial charge in [-0.15, -0.1) is 0 Å². The van der Waals surface area contributed by atoms with E-state index < -0.39 is 0 Å². The first-order valence-corrected chi connectivity index (χ1v) is 6.97. The molecule has 3 aliphatic heterocycles. The Morgan fingerprint density at radius 1 is 0.947 bits per heavy atom. The van der Waals surface area contributed by atoms with Gasteiger partial charge in [-0.2, -0.15) is 0 Å². The number of imide groups is 1. The van der Waals surface area contributed by atoms with Crippen molar-refractivity contribution in [2.45, 2.75) is 43.8 Å². The average Bonchev–Trinajstić information content (AvgIpc) is 2.89. The molecule has 1 aromatic rings. The van der Waals surface area contributed by atoms with E-state index in [2.05, 4.69) is 5.32 Å².